The molecule has 6 nitrogen and oxygen atoms in total. The van der Waals surface area contributed by atoms with E-state index in [1.807, 2.05) is 43.3 Å². The van der Waals surface area contributed by atoms with Gasteiger partial charge in [-0.25, -0.2) is 0 Å². The molecule has 0 aliphatic carbocycles. The van der Waals surface area contributed by atoms with Crippen LogP contribution in [0.5, 0.6) is 5.75 Å². The Morgan fingerprint density at radius 3 is 2.52 bits per heavy atom. The summed E-state index contributed by atoms with van der Waals surface area (Å²) in [5.74, 6) is 0.845. The minimum Gasteiger partial charge on any atom is -0.492 e. The number of nitrogens with one attached hydrogen (secondary N) is 2. The normalized spacial score (nSPS) is 10.3. The quantitative estimate of drug-likeness (QED) is 0.633. The molecule has 0 radical (unpaired) electrons. The summed E-state index contributed by atoms with van der Waals surface area (Å²) in [7, 11) is 0. The lowest BCUT2D eigenvalue weighted by atomic mass is 10.2. The van der Waals surface area contributed by atoms with Crippen molar-refractivity contribution < 1.29 is 9.53 Å². The molecule has 3 rings (SSSR count). The van der Waals surface area contributed by atoms with Crippen LogP contribution in [0.2, 0.25) is 5.02 Å². The summed E-state index contributed by atoms with van der Waals surface area (Å²) in [6.07, 6.45) is 0. The van der Waals surface area contributed by atoms with Crippen LogP contribution in [0.1, 0.15) is 23.0 Å². The van der Waals surface area contributed by atoms with Gasteiger partial charge in [0.15, 0.2) is 5.69 Å². The maximum absolute atomic E-state index is 12.4. The van der Waals surface area contributed by atoms with Crippen molar-refractivity contribution in [2.45, 2.75) is 13.5 Å². The van der Waals surface area contributed by atoms with E-state index in [9.17, 15) is 4.79 Å². The maximum atomic E-state index is 12.4. The molecule has 3 aromatic rings. The van der Waals surface area contributed by atoms with Gasteiger partial charge < -0.3 is 15.4 Å². The summed E-state index contributed by atoms with van der Waals surface area (Å²) in [5.41, 5.74) is 1.88. The van der Waals surface area contributed by atoms with Crippen molar-refractivity contribution in [3.63, 3.8) is 0 Å². The number of halogens is 1. The highest BCUT2D eigenvalue weighted by Crippen LogP contribution is 2.24. The highest BCUT2D eigenvalue weighted by Gasteiger charge is 2.11. The van der Waals surface area contributed by atoms with E-state index in [-0.39, 0.29) is 11.6 Å². The van der Waals surface area contributed by atoms with Gasteiger partial charge in [-0.05, 0) is 48.9 Å². The number of nitrogens with zero attached hydrogens (tertiary/aromatic N) is 2. The predicted molar refractivity (Wildman–Crippen MR) is 106 cm³/mol. The van der Waals surface area contributed by atoms with Gasteiger partial charge in [0.1, 0.15) is 11.6 Å². The van der Waals surface area contributed by atoms with Gasteiger partial charge in [0.25, 0.3) is 5.91 Å². The van der Waals surface area contributed by atoms with Crippen molar-refractivity contribution in [3.05, 3.63) is 76.9 Å². The molecule has 0 spiro atoms. The second-order valence-corrected chi connectivity index (χ2v) is 6.10. The molecule has 0 unspecified atom stereocenters. The van der Waals surface area contributed by atoms with E-state index in [1.54, 1.807) is 24.3 Å². The predicted octanol–water partition coefficient (Wildman–Crippen LogP) is 4.39. The second kappa shape index (κ2) is 9.00. The van der Waals surface area contributed by atoms with E-state index in [0.29, 0.717) is 35.4 Å². The molecule has 2 aromatic carbocycles. The van der Waals surface area contributed by atoms with Crippen LogP contribution in [0, 0.1) is 0 Å². The van der Waals surface area contributed by atoms with Crippen molar-refractivity contribution in [1.82, 2.24) is 10.2 Å². The van der Waals surface area contributed by atoms with Crippen molar-refractivity contribution in [3.8, 4) is 5.75 Å². The summed E-state index contributed by atoms with van der Waals surface area (Å²) >= 11 is 5.87. The Bertz CT molecular complexity index is 899. The number of anilines is 2. The number of amides is 1. The SMILES string of the molecule is CCOc1ccccc1NC(=O)c1ccc(NCc2ccc(Cl)cc2)nn1. The summed E-state index contributed by atoms with van der Waals surface area (Å²) in [6.45, 7) is 2.99. The first kappa shape index (κ1) is 18.7. The van der Waals surface area contributed by atoms with Crippen LogP contribution < -0.4 is 15.4 Å². The number of rotatable bonds is 7. The molecule has 1 aromatic heterocycles. The van der Waals surface area contributed by atoms with E-state index in [2.05, 4.69) is 20.8 Å². The molecule has 2 N–H and O–H groups in total. The fourth-order valence-electron chi connectivity index (χ4n) is 2.38. The molecule has 1 amide bonds. The highest BCUT2D eigenvalue weighted by atomic mass is 35.5. The number of hydrogen-bond donors (Lipinski definition) is 2. The zero-order valence-electron chi connectivity index (χ0n) is 14.8. The van der Waals surface area contributed by atoms with Gasteiger partial charge in [-0.1, -0.05) is 35.9 Å². The van der Waals surface area contributed by atoms with Crippen LogP contribution in [0.15, 0.2) is 60.7 Å². The van der Waals surface area contributed by atoms with Crippen LogP contribution in [-0.2, 0) is 6.54 Å². The van der Waals surface area contributed by atoms with Gasteiger partial charge >= 0.3 is 0 Å². The van der Waals surface area contributed by atoms with Crippen LogP contribution in [0.3, 0.4) is 0 Å². The average molecular weight is 383 g/mol. The third-order valence-electron chi connectivity index (χ3n) is 3.72. The van der Waals surface area contributed by atoms with Gasteiger partial charge in [0.2, 0.25) is 0 Å². The topological polar surface area (TPSA) is 76.1 Å². The Morgan fingerprint density at radius 2 is 1.81 bits per heavy atom. The Balaban J connectivity index is 1.61. The first-order valence-corrected chi connectivity index (χ1v) is 8.88. The first-order valence-electron chi connectivity index (χ1n) is 8.51. The van der Waals surface area contributed by atoms with Gasteiger partial charge in [-0.2, -0.15) is 0 Å². The van der Waals surface area contributed by atoms with Gasteiger partial charge in [0.05, 0.1) is 12.3 Å². The molecule has 1 heterocycles. The molecule has 0 saturated heterocycles. The summed E-state index contributed by atoms with van der Waals surface area (Å²) in [6, 6.07) is 18.1. The molecular formula is C20H19ClN4O2. The Hall–Kier alpha value is -3.12. The summed E-state index contributed by atoms with van der Waals surface area (Å²) in [5, 5.41) is 14.7. The van der Waals surface area contributed by atoms with E-state index in [0.717, 1.165) is 5.56 Å². The molecule has 0 aliphatic heterocycles. The number of carbonyl (C=O) groups excluding carboxylic acids is 1. The largest absolute Gasteiger partial charge is 0.492 e. The molecule has 27 heavy (non-hydrogen) atoms. The summed E-state index contributed by atoms with van der Waals surface area (Å²) < 4.78 is 5.51. The number of ether oxygens (including phenoxy) is 1. The van der Waals surface area contributed by atoms with Crippen molar-refractivity contribution in [2.75, 3.05) is 17.2 Å². The minimum absolute atomic E-state index is 0.221. The molecule has 0 atom stereocenters. The monoisotopic (exact) mass is 382 g/mol. The first-order chi connectivity index (χ1) is 13.2. The third kappa shape index (κ3) is 5.18. The fraction of sp³-hybridized carbons (Fsp3) is 0.150. The number of benzene rings is 2. The zero-order chi connectivity index (χ0) is 19.1. The van der Waals surface area contributed by atoms with Gasteiger partial charge in [0, 0.05) is 11.6 Å². The number of para-hydroxylation sites is 2. The fourth-order valence-corrected chi connectivity index (χ4v) is 2.51. The molecule has 0 bridgehead atoms. The molecule has 0 aliphatic rings. The Kier molecular flexibility index (Phi) is 6.22. The van der Waals surface area contributed by atoms with Gasteiger partial charge in [-0.3, -0.25) is 4.79 Å². The summed E-state index contributed by atoms with van der Waals surface area (Å²) in [4.78, 5) is 12.4. The van der Waals surface area contributed by atoms with Crippen LogP contribution in [-0.4, -0.2) is 22.7 Å². The van der Waals surface area contributed by atoms with Crippen LogP contribution in [0.4, 0.5) is 11.5 Å². The van der Waals surface area contributed by atoms with Crippen molar-refractivity contribution in [2.24, 2.45) is 0 Å². The molecule has 138 valence electrons. The van der Waals surface area contributed by atoms with E-state index in [4.69, 9.17) is 16.3 Å². The van der Waals surface area contributed by atoms with E-state index in [1.165, 1.54) is 0 Å². The van der Waals surface area contributed by atoms with Crippen molar-refractivity contribution >= 4 is 29.0 Å². The maximum Gasteiger partial charge on any atom is 0.276 e. The highest BCUT2D eigenvalue weighted by molar-refractivity contribution is 6.30. The average Bonchev–Trinajstić information content (AvgIpc) is 2.69. The smallest absolute Gasteiger partial charge is 0.276 e. The zero-order valence-corrected chi connectivity index (χ0v) is 15.5. The molecule has 7 heteroatoms. The molecule has 0 saturated carbocycles. The standard InChI is InChI=1S/C20H19ClN4O2/c1-2-27-18-6-4-3-5-16(18)23-20(26)17-11-12-19(25-24-17)22-13-14-7-9-15(21)10-8-14/h3-12H,2,13H2,1H3,(H,22,25)(H,23,26). The minimum atomic E-state index is -0.348. The number of aromatic nitrogens is 2. The third-order valence-corrected chi connectivity index (χ3v) is 3.97. The Morgan fingerprint density at radius 1 is 1.04 bits per heavy atom. The van der Waals surface area contributed by atoms with E-state index < -0.39 is 0 Å². The van der Waals surface area contributed by atoms with E-state index >= 15 is 0 Å². The molecule has 0 fully saturated rings. The lowest BCUT2D eigenvalue weighted by Gasteiger charge is -2.11. The molecular weight excluding hydrogens is 364 g/mol. The lowest BCUT2D eigenvalue weighted by molar-refractivity contribution is 0.102. The van der Waals surface area contributed by atoms with Crippen LogP contribution in [0.25, 0.3) is 0 Å². The van der Waals surface area contributed by atoms with Crippen molar-refractivity contribution in [1.29, 1.82) is 0 Å². The second-order valence-electron chi connectivity index (χ2n) is 5.67. The Labute approximate surface area is 162 Å². The lowest BCUT2D eigenvalue weighted by Crippen LogP contribution is -2.15. The number of hydrogen-bond acceptors (Lipinski definition) is 5. The van der Waals surface area contributed by atoms with Gasteiger partial charge in [-0.15, -0.1) is 10.2 Å². The number of carbonyl (C=O) groups is 1. The van der Waals surface area contributed by atoms with Crippen LogP contribution >= 0.6 is 11.6 Å².